The van der Waals surface area contributed by atoms with E-state index in [-0.39, 0.29) is 11.9 Å². The zero-order chi connectivity index (χ0) is 15.1. The van der Waals surface area contributed by atoms with Crippen LogP contribution in [0.5, 0.6) is 5.75 Å². The minimum absolute atomic E-state index is 0.0735. The summed E-state index contributed by atoms with van der Waals surface area (Å²) >= 11 is 6.01. The summed E-state index contributed by atoms with van der Waals surface area (Å²) in [5.41, 5.74) is 2.12. The van der Waals surface area contributed by atoms with Crippen molar-refractivity contribution in [2.24, 2.45) is 0 Å². The van der Waals surface area contributed by atoms with Gasteiger partial charge in [-0.3, -0.25) is 4.79 Å². The van der Waals surface area contributed by atoms with E-state index in [4.69, 9.17) is 16.3 Å². The third kappa shape index (κ3) is 2.28. The molecule has 0 unspecified atom stereocenters. The zero-order valence-electron chi connectivity index (χ0n) is 12.1. The van der Waals surface area contributed by atoms with Crippen LogP contribution in [-0.2, 0) is 11.2 Å². The topological polar surface area (TPSA) is 45.3 Å². The summed E-state index contributed by atoms with van der Waals surface area (Å²) in [4.78, 5) is 18.0. The number of rotatable bonds is 2. The van der Waals surface area contributed by atoms with Crippen LogP contribution in [0.4, 0.5) is 0 Å². The molecule has 5 heteroatoms. The van der Waals surface area contributed by atoms with Crippen molar-refractivity contribution in [3.8, 4) is 5.75 Å². The molecule has 0 radical (unpaired) electrons. The Balaban J connectivity index is 1.53. The Labute approximate surface area is 134 Å². The Morgan fingerprint density at radius 3 is 3.09 bits per heavy atom. The molecule has 1 amide bonds. The van der Waals surface area contributed by atoms with E-state index in [0.717, 1.165) is 36.4 Å². The van der Waals surface area contributed by atoms with Crippen molar-refractivity contribution >= 4 is 17.5 Å². The van der Waals surface area contributed by atoms with Gasteiger partial charge in [-0.1, -0.05) is 11.6 Å². The highest BCUT2D eigenvalue weighted by molar-refractivity contribution is 6.30. The number of carbonyl (C=O) groups is 1. The normalized spacial score (nSPS) is 23.4. The predicted molar refractivity (Wildman–Crippen MR) is 84.1 cm³/mol. The first-order chi connectivity index (χ1) is 10.7. The minimum Gasteiger partial charge on any atom is -0.480 e. The van der Waals surface area contributed by atoms with E-state index in [0.29, 0.717) is 11.4 Å². The van der Waals surface area contributed by atoms with E-state index in [9.17, 15) is 4.79 Å². The third-order valence-electron chi connectivity index (χ3n) is 4.49. The quantitative estimate of drug-likeness (QED) is 0.923. The minimum atomic E-state index is -0.427. The van der Waals surface area contributed by atoms with Crippen LogP contribution < -0.4 is 4.74 Å². The van der Waals surface area contributed by atoms with Gasteiger partial charge in [-0.15, -0.1) is 0 Å². The zero-order valence-corrected chi connectivity index (χ0v) is 12.8. The molecule has 4 nitrogen and oxygen atoms in total. The first-order valence-corrected chi connectivity index (χ1v) is 7.99. The maximum atomic E-state index is 12.9. The van der Waals surface area contributed by atoms with E-state index >= 15 is 0 Å². The third-order valence-corrected chi connectivity index (χ3v) is 4.72. The highest BCUT2D eigenvalue weighted by Crippen LogP contribution is 2.35. The number of ether oxygens (including phenoxy) is 1. The van der Waals surface area contributed by atoms with Crippen molar-refractivity contribution in [3.05, 3.63) is 52.8 Å². The van der Waals surface area contributed by atoms with Gasteiger partial charge in [-0.25, -0.2) is 0 Å². The number of likely N-dealkylation sites (tertiary alicyclic amines) is 1. The van der Waals surface area contributed by atoms with E-state index in [2.05, 4.69) is 4.98 Å². The van der Waals surface area contributed by atoms with Gasteiger partial charge < -0.3 is 14.6 Å². The molecule has 2 aliphatic heterocycles. The summed E-state index contributed by atoms with van der Waals surface area (Å²) in [6, 6.07) is 9.68. The number of aromatic amines is 1. The highest BCUT2D eigenvalue weighted by Gasteiger charge is 2.38. The molecule has 0 bridgehead atoms. The number of aromatic nitrogens is 1. The lowest BCUT2D eigenvalue weighted by Gasteiger charge is -2.26. The largest absolute Gasteiger partial charge is 0.480 e. The molecule has 0 saturated carbocycles. The van der Waals surface area contributed by atoms with Crippen molar-refractivity contribution < 1.29 is 9.53 Å². The molecule has 1 aromatic carbocycles. The van der Waals surface area contributed by atoms with Crippen molar-refractivity contribution in [2.75, 3.05) is 6.54 Å². The SMILES string of the molecule is O=C([C@@H]1Cc2cc(Cl)ccc2O1)N1CCC[C@H]1c1ccc[nH]1. The van der Waals surface area contributed by atoms with Gasteiger partial charge in [-0.05, 0) is 48.7 Å². The number of nitrogens with one attached hydrogen (secondary N) is 1. The molecule has 0 aliphatic carbocycles. The highest BCUT2D eigenvalue weighted by atomic mass is 35.5. The number of nitrogens with zero attached hydrogens (tertiary/aromatic N) is 1. The fourth-order valence-corrected chi connectivity index (χ4v) is 3.64. The van der Waals surface area contributed by atoms with Gasteiger partial charge in [0.25, 0.3) is 5.91 Å². The molecule has 22 heavy (non-hydrogen) atoms. The van der Waals surface area contributed by atoms with Crippen molar-refractivity contribution in [3.63, 3.8) is 0 Å². The number of hydrogen-bond donors (Lipinski definition) is 1. The van der Waals surface area contributed by atoms with Crippen LogP contribution in [0.15, 0.2) is 36.5 Å². The number of hydrogen-bond acceptors (Lipinski definition) is 2. The van der Waals surface area contributed by atoms with E-state index in [1.807, 2.05) is 35.4 Å². The maximum absolute atomic E-state index is 12.9. The van der Waals surface area contributed by atoms with Gasteiger partial charge in [-0.2, -0.15) is 0 Å². The Morgan fingerprint density at radius 1 is 1.36 bits per heavy atom. The molecule has 2 atom stereocenters. The second-order valence-corrected chi connectivity index (χ2v) is 6.31. The Bertz CT molecular complexity index is 699. The molecule has 1 N–H and O–H groups in total. The summed E-state index contributed by atoms with van der Waals surface area (Å²) in [7, 11) is 0. The van der Waals surface area contributed by atoms with Crippen molar-refractivity contribution in [1.82, 2.24) is 9.88 Å². The molecule has 2 aromatic rings. The van der Waals surface area contributed by atoms with Gasteiger partial charge in [0.15, 0.2) is 6.10 Å². The Kier molecular flexibility index (Phi) is 3.34. The van der Waals surface area contributed by atoms with Gasteiger partial charge in [0.2, 0.25) is 0 Å². The summed E-state index contributed by atoms with van der Waals surface area (Å²) in [5, 5.41) is 0.681. The fourth-order valence-electron chi connectivity index (χ4n) is 3.45. The number of fused-ring (bicyclic) bond motifs is 1. The van der Waals surface area contributed by atoms with Crippen LogP contribution in [0.1, 0.15) is 30.1 Å². The van der Waals surface area contributed by atoms with Gasteiger partial charge in [0.1, 0.15) is 5.75 Å². The average molecular weight is 317 g/mol. The van der Waals surface area contributed by atoms with Gasteiger partial charge in [0.05, 0.1) is 6.04 Å². The summed E-state index contributed by atoms with van der Waals surface area (Å²) in [5.74, 6) is 0.850. The van der Waals surface area contributed by atoms with E-state index in [1.54, 1.807) is 6.07 Å². The predicted octanol–water partition coefficient (Wildman–Crippen LogP) is 3.34. The smallest absolute Gasteiger partial charge is 0.264 e. The first-order valence-electron chi connectivity index (χ1n) is 7.61. The maximum Gasteiger partial charge on any atom is 0.264 e. The molecule has 1 fully saturated rings. The fraction of sp³-hybridized carbons (Fsp3) is 0.353. The standard InChI is InChI=1S/C17H17ClN2O2/c18-12-5-6-15-11(9-12)10-16(22-15)17(21)20-8-2-4-14(20)13-3-1-7-19-13/h1,3,5-7,9,14,16,19H,2,4,8,10H2/t14-,16-/m0/s1. The van der Waals surface area contributed by atoms with Crippen molar-refractivity contribution in [2.45, 2.75) is 31.4 Å². The van der Waals surface area contributed by atoms with Crippen LogP contribution >= 0.6 is 11.6 Å². The number of amides is 1. The number of halogens is 1. The van der Waals surface area contributed by atoms with Crippen LogP contribution in [-0.4, -0.2) is 28.4 Å². The van der Waals surface area contributed by atoms with Gasteiger partial charge in [0, 0.05) is 29.9 Å². The number of H-pyrrole nitrogens is 1. The molecule has 4 rings (SSSR count). The van der Waals surface area contributed by atoms with E-state index < -0.39 is 6.10 Å². The summed E-state index contributed by atoms with van der Waals surface area (Å²) in [6.07, 6.45) is 4.10. The molecule has 2 aliphatic rings. The monoisotopic (exact) mass is 316 g/mol. The van der Waals surface area contributed by atoms with Crippen LogP contribution in [0.3, 0.4) is 0 Å². The second kappa shape index (κ2) is 5.36. The van der Waals surface area contributed by atoms with Crippen molar-refractivity contribution in [1.29, 1.82) is 0 Å². The lowest BCUT2D eigenvalue weighted by Crippen LogP contribution is -2.41. The average Bonchev–Trinajstić information content (AvgIpc) is 3.24. The Hall–Kier alpha value is -1.94. The molecule has 1 aromatic heterocycles. The number of carbonyl (C=O) groups excluding carboxylic acids is 1. The van der Waals surface area contributed by atoms with Crippen LogP contribution in [0.2, 0.25) is 5.02 Å². The molecule has 1 saturated heterocycles. The molecule has 0 spiro atoms. The molecular formula is C17H17ClN2O2. The first kappa shape index (κ1) is 13.7. The Morgan fingerprint density at radius 2 is 2.27 bits per heavy atom. The second-order valence-electron chi connectivity index (χ2n) is 5.88. The summed E-state index contributed by atoms with van der Waals surface area (Å²) in [6.45, 7) is 0.791. The lowest BCUT2D eigenvalue weighted by atomic mass is 10.1. The van der Waals surface area contributed by atoms with Gasteiger partial charge >= 0.3 is 0 Å². The van der Waals surface area contributed by atoms with Crippen LogP contribution in [0, 0.1) is 0 Å². The molecular weight excluding hydrogens is 300 g/mol. The van der Waals surface area contributed by atoms with Crippen LogP contribution in [0.25, 0.3) is 0 Å². The summed E-state index contributed by atoms with van der Waals surface area (Å²) < 4.78 is 5.84. The lowest BCUT2D eigenvalue weighted by molar-refractivity contribution is -0.139. The van der Waals surface area contributed by atoms with E-state index in [1.165, 1.54) is 0 Å². The molecule has 3 heterocycles. The number of benzene rings is 1. The molecule has 114 valence electrons.